The fraction of sp³-hybridized carbons (Fsp3) is 0.625. The van der Waals surface area contributed by atoms with Crippen LogP contribution < -0.4 is 0 Å². The predicted octanol–water partition coefficient (Wildman–Crippen LogP) is 5.11. The van der Waals surface area contributed by atoms with E-state index in [4.69, 9.17) is 23.2 Å². The lowest BCUT2D eigenvalue weighted by molar-refractivity contribution is 0.0735. The summed E-state index contributed by atoms with van der Waals surface area (Å²) in [7, 11) is 0. The van der Waals surface area contributed by atoms with Crippen molar-refractivity contribution in [2.45, 2.75) is 51.6 Å². The molecule has 2 rings (SSSR count). The maximum Gasteiger partial charge on any atom is 0.0609 e. The molecule has 19 heavy (non-hydrogen) atoms. The van der Waals surface area contributed by atoms with E-state index in [2.05, 4.69) is 6.92 Å². The number of aliphatic hydroxyl groups excluding tert-OH is 1. The third-order valence-corrected chi connectivity index (χ3v) is 5.05. The van der Waals surface area contributed by atoms with Gasteiger partial charge < -0.3 is 5.11 Å². The second kappa shape index (κ2) is 6.97. The summed E-state index contributed by atoms with van der Waals surface area (Å²) in [6.45, 7) is 2.26. The molecule has 1 aromatic carbocycles. The van der Waals surface area contributed by atoms with Crippen molar-refractivity contribution in [2.75, 3.05) is 0 Å². The molecule has 1 fully saturated rings. The Morgan fingerprint density at radius 3 is 2.53 bits per heavy atom. The molecular weight excluding hydrogens is 279 g/mol. The Bertz CT molecular complexity index is 411. The molecule has 3 heteroatoms. The minimum atomic E-state index is -0.297. The van der Waals surface area contributed by atoms with Gasteiger partial charge in [-0.3, -0.25) is 0 Å². The molecule has 0 amide bonds. The summed E-state index contributed by atoms with van der Waals surface area (Å²) in [5.74, 6) is 1.27. The third kappa shape index (κ3) is 4.11. The van der Waals surface area contributed by atoms with Crippen LogP contribution in [0.3, 0.4) is 0 Å². The largest absolute Gasteiger partial charge is 0.392 e. The van der Waals surface area contributed by atoms with E-state index in [1.54, 1.807) is 12.1 Å². The number of benzene rings is 1. The van der Waals surface area contributed by atoms with E-state index in [1.165, 1.54) is 19.3 Å². The Hall–Kier alpha value is -0.240. The monoisotopic (exact) mass is 300 g/mol. The average molecular weight is 301 g/mol. The van der Waals surface area contributed by atoms with E-state index in [1.807, 2.05) is 6.07 Å². The molecule has 1 saturated carbocycles. The molecule has 1 nitrogen and oxygen atoms in total. The van der Waals surface area contributed by atoms with E-state index in [-0.39, 0.29) is 6.10 Å². The first-order valence-corrected chi connectivity index (χ1v) is 7.97. The van der Waals surface area contributed by atoms with Crippen LogP contribution in [0.2, 0.25) is 10.0 Å². The standard InChI is InChI=1S/C16H22Cl2O/c1-2-11-3-5-12(6-4-11)16(19)10-13-9-14(17)7-8-15(13)18/h7-9,11-12,16,19H,2-6,10H2,1H3. The quantitative estimate of drug-likeness (QED) is 0.819. The molecule has 1 aromatic rings. The van der Waals surface area contributed by atoms with E-state index < -0.39 is 0 Å². The van der Waals surface area contributed by atoms with Crippen molar-refractivity contribution in [2.24, 2.45) is 11.8 Å². The van der Waals surface area contributed by atoms with Crippen LogP contribution in [0.1, 0.15) is 44.6 Å². The normalized spacial score (nSPS) is 25.3. The Morgan fingerprint density at radius 1 is 1.21 bits per heavy atom. The van der Waals surface area contributed by atoms with Gasteiger partial charge in [-0.25, -0.2) is 0 Å². The van der Waals surface area contributed by atoms with Crippen LogP contribution in [-0.2, 0) is 6.42 Å². The van der Waals surface area contributed by atoms with Crippen molar-refractivity contribution in [3.63, 3.8) is 0 Å². The molecule has 0 spiro atoms. The van der Waals surface area contributed by atoms with Gasteiger partial charge in [0.05, 0.1) is 6.10 Å². The summed E-state index contributed by atoms with van der Waals surface area (Å²) >= 11 is 12.1. The maximum atomic E-state index is 10.4. The first-order valence-electron chi connectivity index (χ1n) is 7.22. The zero-order chi connectivity index (χ0) is 13.8. The molecular formula is C16H22Cl2O. The Morgan fingerprint density at radius 2 is 1.89 bits per heavy atom. The van der Waals surface area contributed by atoms with E-state index >= 15 is 0 Å². The minimum absolute atomic E-state index is 0.297. The highest BCUT2D eigenvalue weighted by molar-refractivity contribution is 6.33. The van der Waals surface area contributed by atoms with Gasteiger partial charge in [-0.1, -0.05) is 49.4 Å². The summed E-state index contributed by atoms with van der Waals surface area (Å²) in [6.07, 6.45) is 6.36. The van der Waals surface area contributed by atoms with Gasteiger partial charge in [0, 0.05) is 16.5 Å². The Labute approximate surface area is 125 Å². The number of hydrogen-bond acceptors (Lipinski definition) is 1. The Kier molecular flexibility index (Phi) is 5.56. The number of hydrogen-bond donors (Lipinski definition) is 1. The molecule has 1 atom stereocenters. The molecule has 106 valence electrons. The van der Waals surface area contributed by atoms with Gasteiger partial charge in [-0.15, -0.1) is 0 Å². The predicted molar refractivity (Wildman–Crippen MR) is 81.9 cm³/mol. The summed E-state index contributed by atoms with van der Waals surface area (Å²) in [6, 6.07) is 5.46. The number of halogens is 2. The van der Waals surface area contributed by atoms with Crippen LogP contribution in [-0.4, -0.2) is 11.2 Å². The number of aliphatic hydroxyl groups is 1. The fourth-order valence-corrected chi connectivity index (χ4v) is 3.46. The van der Waals surface area contributed by atoms with Gasteiger partial charge in [-0.2, -0.15) is 0 Å². The number of rotatable bonds is 4. The molecule has 1 N–H and O–H groups in total. The van der Waals surface area contributed by atoms with Crippen LogP contribution in [0.15, 0.2) is 18.2 Å². The molecule has 1 unspecified atom stereocenters. The average Bonchev–Trinajstić information content (AvgIpc) is 2.43. The first-order chi connectivity index (χ1) is 9.10. The topological polar surface area (TPSA) is 20.2 Å². The zero-order valence-corrected chi connectivity index (χ0v) is 12.9. The second-order valence-electron chi connectivity index (χ2n) is 5.70. The van der Waals surface area contributed by atoms with Crippen molar-refractivity contribution in [3.05, 3.63) is 33.8 Å². The van der Waals surface area contributed by atoms with Gasteiger partial charge in [0.15, 0.2) is 0 Å². The minimum Gasteiger partial charge on any atom is -0.392 e. The van der Waals surface area contributed by atoms with Gasteiger partial charge in [0.25, 0.3) is 0 Å². The molecule has 0 aromatic heterocycles. The van der Waals surface area contributed by atoms with Crippen LogP contribution >= 0.6 is 23.2 Å². The molecule has 0 saturated heterocycles. The molecule has 0 aliphatic heterocycles. The summed E-state index contributed by atoms with van der Waals surface area (Å²) < 4.78 is 0. The smallest absolute Gasteiger partial charge is 0.0609 e. The lowest BCUT2D eigenvalue weighted by atomic mass is 9.77. The van der Waals surface area contributed by atoms with Crippen molar-refractivity contribution >= 4 is 23.2 Å². The lowest BCUT2D eigenvalue weighted by Gasteiger charge is -2.31. The van der Waals surface area contributed by atoms with Crippen molar-refractivity contribution < 1.29 is 5.11 Å². The first kappa shape index (κ1) is 15.2. The zero-order valence-electron chi connectivity index (χ0n) is 11.4. The molecule has 1 aliphatic rings. The van der Waals surface area contributed by atoms with Crippen LogP contribution in [0.5, 0.6) is 0 Å². The fourth-order valence-electron chi connectivity index (χ4n) is 3.07. The summed E-state index contributed by atoms with van der Waals surface area (Å²) in [4.78, 5) is 0. The van der Waals surface area contributed by atoms with Gasteiger partial charge in [-0.05, 0) is 48.4 Å². The van der Waals surface area contributed by atoms with Gasteiger partial charge >= 0.3 is 0 Å². The second-order valence-corrected chi connectivity index (χ2v) is 6.54. The highest BCUT2D eigenvalue weighted by Gasteiger charge is 2.26. The molecule has 0 bridgehead atoms. The van der Waals surface area contributed by atoms with Crippen molar-refractivity contribution in [1.29, 1.82) is 0 Å². The SMILES string of the molecule is CCC1CCC(C(O)Cc2cc(Cl)ccc2Cl)CC1. The van der Waals surface area contributed by atoms with Crippen LogP contribution in [0, 0.1) is 11.8 Å². The maximum absolute atomic E-state index is 10.4. The van der Waals surface area contributed by atoms with E-state index in [0.717, 1.165) is 24.3 Å². The Balaban J connectivity index is 1.94. The third-order valence-electron chi connectivity index (χ3n) is 4.45. The molecule has 1 aliphatic carbocycles. The summed E-state index contributed by atoms with van der Waals surface area (Å²) in [5, 5.41) is 11.8. The molecule has 0 heterocycles. The van der Waals surface area contributed by atoms with E-state index in [0.29, 0.717) is 22.4 Å². The summed E-state index contributed by atoms with van der Waals surface area (Å²) in [5.41, 5.74) is 0.958. The highest BCUT2D eigenvalue weighted by atomic mass is 35.5. The van der Waals surface area contributed by atoms with Crippen molar-refractivity contribution in [3.8, 4) is 0 Å². The van der Waals surface area contributed by atoms with Crippen molar-refractivity contribution in [1.82, 2.24) is 0 Å². The van der Waals surface area contributed by atoms with Crippen LogP contribution in [0.4, 0.5) is 0 Å². The van der Waals surface area contributed by atoms with Gasteiger partial charge in [0.1, 0.15) is 0 Å². The van der Waals surface area contributed by atoms with Crippen LogP contribution in [0.25, 0.3) is 0 Å². The van der Waals surface area contributed by atoms with Gasteiger partial charge in [0.2, 0.25) is 0 Å². The lowest BCUT2D eigenvalue weighted by Crippen LogP contribution is -2.27. The van der Waals surface area contributed by atoms with E-state index in [9.17, 15) is 5.11 Å². The molecule has 0 radical (unpaired) electrons. The highest BCUT2D eigenvalue weighted by Crippen LogP contribution is 2.34.